The number of hydrogen-bond acceptors (Lipinski definition) is 1. The van der Waals surface area contributed by atoms with Crippen molar-refractivity contribution in [3.8, 4) is 0 Å². The van der Waals surface area contributed by atoms with Gasteiger partial charge in [-0.15, -0.1) is 0 Å². The molecule has 0 atom stereocenters. The van der Waals surface area contributed by atoms with Crippen LogP contribution in [0.25, 0.3) is 0 Å². The van der Waals surface area contributed by atoms with Crippen molar-refractivity contribution in [1.29, 1.82) is 0 Å². The third-order valence-electron chi connectivity index (χ3n) is 1.15. The first-order valence-electron chi connectivity index (χ1n) is 3.66. The number of carbonyl (C=O) groups is 1. The molecule has 1 amide bonds. The summed E-state index contributed by atoms with van der Waals surface area (Å²) in [5.74, 6) is 0.214. The Bertz CT molecular complexity index is 73.0. The lowest BCUT2D eigenvalue weighted by atomic mass is 10.2. The van der Waals surface area contributed by atoms with Crippen LogP contribution in [0.5, 0.6) is 0 Å². The fourth-order valence-electron chi connectivity index (χ4n) is 0.727. The molecular weight excluding hydrogens is 114 g/mol. The number of amides is 1. The molecule has 0 unspecified atom stereocenters. The van der Waals surface area contributed by atoms with Gasteiger partial charge in [0.2, 0.25) is 5.91 Å². The Kier molecular flexibility index (Phi) is 5.27. The second-order valence-corrected chi connectivity index (χ2v) is 1.81. The molecule has 1 aliphatic rings. The van der Waals surface area contributed by atoms with Crippen molar-refractivity contribution in [2.75, 3.05) is 6.54 Å². The molecule has 0 bridgehead atoms. The van der Waals surface area contributed by atoms with Crippen molar-refractivity contribution in [3.63, 3.8) is 0 Å². The number of hydrogen-bond donors (Lipinski definition) is 1. The van der Waals surface area contributed by atoms with E-state index in [4.69, 9.17) is 0 Å². The fraction of sp³-hybridized carbons (Fsp3) is 0.857. The van der Waals surface area contributed by atoms with Gasteiger partial charge in [-0.1, -0.05) is 13.8 Å². The van der Waals surface area contributed by atoms with E-state index in [9.17, 15) is 4.79 Å². The highest BCUT2D eigenvalue weighted by molar-refractivity contribution is 5.76. The van der Waals surface area contributed by atoms with Crippen LogP contribution in [0.3, 0.4) is 0 Å². The smallest absolute Gasteiger partial charge is 0.219 e. The Morgan fingerprint density at radius 2 is 2.00 bits per heavy atom. The molecule has 9 heavy (non-hydrogen) atoms. The van der Waals surface area contributed by atoms with Crippen LogP contribution in [-0.4, -0.2) is 12.5 Å². The van der Waals surface area contributed by atoms with Crippen LogP contribution < -0.4 is 5.32 Å². The number of rotatable bonds is 0. The minimum absolute atomic E-state index is 0.214. The number of carbonyl (C=O) groups excluding carboxylic acids is 1. The van der Waals surface area contributed by atoms with Crippen LogP contribution in [0.15, 0.2) is 0 Å². The van der Waals surface area contributed by atoms with Gasteiger partial charge >= 0.3 is 0 Å². The predicted octanol–water partition coefficient (Wildman–Crippen LogP) is 1.31. The first-order valence-corrected chi connectivity index (χ1v) is 3.66. The highest BCUT2D eigenvalue weighted by atomic mass is 16.1. The Morgan fingerprint density at radius 3 is 2.22 bits per heavy atom. The molecule has 54 valence electrons. The van der Waals surface area contributed by atoms with E-state index in [2.05, 4.69) is 5.32 Å². The first-order chi connectivity index (χ1) is 4.39. The zero-order valence-electron chi connectivity index (χ0n) is 6.24. The largest absolute Gasteiger partial charge is 0.356 e. The molecule has 0 spiro atoms. The molecule has 1 N–H and O–H groups in total. The Labute approximate surface area is 56.6 Å². The van der Waals surface area contributed by atoms with Crippen molar-refractivity contribution in [3.05, 3.63) is 0 Å². The highest BCUT2D eigenvalue weighted by Crippen LogP contribution is 1.98. The van der Waals surface area contributed by atoms with Gasteiger partial charge in [0.05, 0.1) is 0 Å². The molecule has 0 aromatic heterocycles. The summed E-state index contributed by atoms with van der Waals surface area (Å²) in [5, 5.41) is 2.74. The first kappa shape index (κ1) is 8.47. The molecule has 1 saturated heterocycles. The van der Waals surface area contributed by atoms with Gasteiger partial charge in [0, 0.05) is 13.0 Å². The molecule has 0 saturated carbocycles. The zero-order valence-corrected chi connectivity index (χ0v) is 6.24. The molecule has 1 rings (SSSR count). The number of piperidine rings is 1. The van der Waals surface area contributed by atoms with Crippen molar-refractivity contribution >= 4 is 5.91 Å². The van der Waals surface area contributed by atoms with E-state index in [0.717, 1.165) is 25.8 Å². The third-order valence-corrected chi connectivity index (χ3v) is 1.15. The molecule has 2 nitrogen and oxygen atoms in total. The maximum Gasteiger partial charge on any atom is 0.219 e. The van der Waals surface area contributed by atoms with Gasteiger partial charge in [-0.3, -0.25) is 4.79 Å². The van der Waals surface area contributed by atoms with E-state index in [1.165, 1.54) is 0 Å². The van der Waals surface area contributed by atoms with Crippen LogP contribution in [0, 0.1) is 0 Å². The van der Waals surface area contributed by atoms with E-state index in [0.29, 0.717) is 0 Å². The van der Waals surface area contributed by atoms with Crippen LogP contribution in [-0.2, 0) is 4.79 Å². The van der Waals surface area contributed by atoms with E-state index < -0.39 is 0 Å². The Morgan fingerprint density at radius 1 is 1.33 bits per heavy atom. The van der Waals surface area contributed by atoms with Gasteiger partial charge < -0.3 is 5.32 Å². The van der Waals surface area contributed by atoms with E-state index in [1.54, 1.807) is 0 Å². The van der Waals surface area contributed by atoms with Crippen molar-refractivity contribution in [2.45, 2.75) is 33.1 Å². The van der Waals surface area contributed by atoms with Crippen molar-refractivity contribution in [1.82, 2.24) is 5.32 Å². The van der Waals surface area contributed by atoms with Gasteiger partial charge in [-0.25, -0.2) is 0 Å². The van der Waals surface area contributed by atoms with Gasteiger partial charge in [0.25, 0.3) is 0 Å². The van der Waals surface area contributed by atoms with Crippen LogP contribution >= 0.6 is 0 Å². The van der Waals surface area contributed by atoms with Crippen molar-refractivity contribution in [2.24, 2.45) is 0 Å². The molecular formula is C7H15NO. The average molecular weight is 129 g/mol. The summed E-state index contributed by atoms with van der Waals surface area (Å²) < 4.78 is 0. The zero-order chi connectivity index (χ0) is 7.11. The lowest BCUT2D eigenvalue weighted by Gasteiger charge is -2.08. The predicted molar refractivity (Wildman–Crippen MR) is 38.2 cm³/mol. The fourth-order valence-corrected chi connectivity index (χ4v) is 0.727. The number of nitrogens with one attached hydrogen (secondary N) is 1. The van der Waals surface area contributed by atoms with Crippen molar-refractivity contribution < 1.29 is 4.79 Å². The summed E-state index contributed by atoms with van der Waals surface area (Å²) in [6, 6.07) is 0. The SMILES string of the molecule is CC.O=C1CCCCN1. The summed E-state index contributed by atoms with van der Waals surface area (Å²) in [5.41, 5.74) is 0. The highest BCUT2D eigenvalue weighted by Gasteiger charge is 2.04. The van der Waals surface area contributed by atoms with E-state index in [1.807, 2.05) is 13.8 Å². The summed E-state index contributed by atoms with van der Waals surface area (Å²) in [4.78, 5) is 10.4. The summed E-state index contributed by atoms with van der Waals surface area (Å²) in [6.45, 7) is 4.89. The van der Waals surface area contributed by atoms with Crippen LogP contribution in [0.2, 0.25) is 0 Å². The van der Waals surface area contributed by atoms with Crippen LogP contribution in [0.1, 0.15) is 33.1 Å². The maximum absolute atomic E-state index is 10.4. The average Bonchev–Trinajstić information content (AvgIpc) is 1.94. The van der Waals surface area contributed by atoms with Crippen LogP contribution in [0.4, 0.5) is 0 Å². The van der Waals surface area contributed by atoms with Gasteiger partial charge in [-0.05, 0) is 12.8 Å². The molecule has 2 heteroatoms. The normalized spacial score (nSPS) is 17.3. The quantitative estimate of drug-likeness (QED) is 0.525. The molecule has 0 radical (unpaired) electrons. The Hall–Kier alpha value is -0.530. The second kappa shape index (κ2) is 5.60. The van der Waals surface area contributed by atoms with Gasteiger partial charge in [-0.2, -0.15) is 0 Å². The summed E-state index contributed by atoms with van der Waals surface area (Å²) in [7, 11) is 0. The molecule has 0 aliphatic carbocycles. The standard InChI is InChI=1S/C5H9NO.C2H6/c7-5-3-1-2-4-6-5;1-2/h1-4H2,(H,6,7);1-2H3. The molecule has 0 aromatic rings. The minimum Gasteiger partial charge on any atom is -0.356 e. The molecule has 1 fully saturated rings. The molecule has 1 heterocycles. The van der Waals surface area contributed by atoms with E-state index >= 15 is 0 Å². The summed E-state index contributed by atoms with van der Waals surface area (Å²) in [6.07, 6.45) is 2.97. The van der Waals surface area contributed by atoms with Gasteiger partial charge in [0.1, 0.15) is 0 Å². The minimum atomic E-state index is 0.214. The van der Waals surface area contributed by atoms with E-state index in [-0.39, 0.29) is 5.91 Å². The monoisotopic (exact) mass is 129 g/mol. The second-order valence-electron chi connectivity index (χ2n) is 1.81. The third kappa shape index (κ3) is 4.01. The molecule has 1 aliphatic heterocycles. The lowest BCUT2D eigenvalue weighted by Crippen LogP contribution is -2.28. The Balaban J connectivity index is 0.000000291. The maximum atomic E-state index is 10.4. The summed E-state index contributed by atoms with van der Waals surface area (Å²) >= 11 is 0. The topological polar surface area (TPSA) is 29.1 Å². The lowest BCUT2D eigenvalue weighted by molar-refractivity contribution is -0.122. The van der Waals surface area contributed by atoms with Gasteiger partial charge in [0.15, 0.2) is 0 Å². The molecule has 0 aromatic carbocycles.